The number of rotatable bonds is 6. The molecule has 4 amide bonds. The number of carbonyl (C=O) groups is 3. The van der Waals surface area contributed by atoms with Gasteiger partial charge in [-0.15, -0.1) is 11.3 Å². The monoisotopic (exact) mass is 425 g/mol. The summed E-state index contributed by atoms with van der Waals surface area (Å²) in [6.45, 7) is -0.0690. The fraction of sp³-hybridized carbons (Fsp3) is 0.150. The van der Waals surface area contributed by atoms with Crippen molar-refractivity contribution in [3.05, 3.63) is 65.4 Å². The zero-order valence-corrected chi connectivity index (χ0v) is 16.4. The van der Waals surface area contributed by atoms with E-state index in [9.17, 15) is 18.8 Å². The third-order valence-electron chi connectivity index (χ3n) is 4.40. The summed E-state index contributed by atoms with van der Waals surface area (Å²) in [7, 11) is 0. The number of imide groups is 1. The third kappa shape index (κ3) is 4.33. The first kappa shape index (κ1) is 19.6. The molecule has 2 N–H and O–H groups in total. The quantitative estimate of drug-likeness (QED) is 0.591. The van der Waals surface area contributed by atoms with E-state index in [4.69, 9.17) is 0 Å². The Morgan fingerprint density at radius 1 is 1.20 bits per heavy atom. The maximum Gasteiger partial charge on any atom is 0.325 e. The van der Waals surface area contributed by atoms with E-state index in [1.807, 2.05) is 6.07 Å². The summed E-state index contributed by atoms with van der Waals surface area (Å²) < 4.78 is 13.3. The van der Waals surface area contributed by atoms with Crippen LogP contribution in [-0.4, -0.2) is 38.8 Å². The fourth-order valence-corrected chi connectivity index (χ4v) is 3.72. The van der Waals surface area contributed by atoms with Gasteiger partial charge in [0.2, 0.25) is 5.91 Å². The van der Waals surface area contributed by atoms with E-state index in [-0.39, 0.29) is 13.0 Å². The Morgan fingerprint density at radius 2 is 2.07 bits per heavy atom. The Balaban J connectivity index is 1.36. The number of urea groups is 1. The van der Waals surface area contributed by atoms with Crippen molar-refractivity contribution >= 4 is 34.3 Å². The lowest BCUT2D eigenvalue weighted by Gasteiger charge is -2.13. The van der Waals surface area contributed by atoms with Crippen LogP contribution in [0.3, 0.4) is 0 Å². The van der Waals surface area contributed by atoms with E-state index in [0.29, 0.717) is 22.1 Å². The minimum absolute atomic E-state index is 0.0690. The summed E-state index contributed by atoms with van der Waals surface area (Å²) in [6, 6.07) is 9.48. The molecule has 1 aromatic carbocycles. The van der Waals surface area contributed by atoms with Gasteiger partial charge < -0.3 is 10.6 Å². The Bertz CT molecular complexity index is 1100. The molecule has 0 unspecified atom stereocenters. The third-order valence-corrected chi connectivity index (χ3v) is 5.16. The highest BCUT2D eigenvalue weighted by Crippen LogP contribution is 2.23. The molecule has 1 aliphatic heterocycles. The minimum Gasteiger partial charge on any atom is -0.325 e. The predicted octanol–water partition coefficient (Wildman–Crippen LogP) is 2.79. The van der Waals surface area contributed by atoms with E-state index >= 15 is 0 Å². The molecule has 0 radical (unpaired) electrons. The van der Waals surface area contributed by atoms with Crippen LogP contribution < -0.4 is 10.6 Å². The molecule has 0 aliphatic carbocycles. The van der Waals surface area contributed by atoms with Gasteiger partial charge in [0, 0.05) is 11.6 Å². The Morgan fingerprint density at radius 3 is 2.83 bits per heavy atom. The van der Waals surface area contributed by atoms with Gasteiger partial charge in [0.25, 0.3) is 5.91 Å². The summed E-state index contributed by atoms with van der Waals surface area (Å²) in [4.78, 5) is 46.5. The van der Waals surface area contributed by atoms with Crippen molar-refractivity contribution in [2.24, 2.45) is 0 Å². The number of hydrogen-bond donors (Lipinski definition) is 2. The van der Waals surface area contributed by atoms with Gasteiger partial charge in [0.15, 0.2) is 5.13 Å². The summed E-state index contributed by atoms with van der Waals surface area (Å²) in [5, 5.41) is 7.26. The molecule has 4 rings (SSSR count). The molecule has 1 saturated heterocycles. The highest BCUT2D eigenvalue weighted by molar-refractivity contribution is 7.14. The van der Waals surface area contributed by atoms with Gasteiger partial charge in [-0.1, -0.05) is 18.2 Å². The maximum absolute atomic E-state index is 13.3. The maximum atomic E-state index is 13.3. The Kier molecular flexibility index (Phi) is 5.48. The molecule has 0 saturated carbocycles. The average molecular weight is 425 g/mol. The van der Waals surface area contributed by atoms with Crippen LogP contribution in [0.25, 0.3) is 11.4 Å². The van der Waals surface area contributed by atoms with Crippen molar-refractivity contribution in [2.75, 3.05) is 5.32 Å². The molecule has 152 valence electrons. The van der Waals surface area contributed by atoms with E-state index in [1.54, 1.807) is 29.8 Å². The molecule has 30 heavy (non-hydrogen) atoms. The van der Waals surface area contributed by atoms with Gasteiger partial charge in [0.1, 0.15) is 17.6 Å². The second-order valence-corrected chi connectivity index (χ2v) is 7.42. The first-order valence-electron chi connectivity index (χ1n) is 9.03. The zero-order chi connectivity index (χ0) is 21.1. The van der Waals surface area contributed by atoms with Crippen LogP contribution in [0.2, 0.25) is 0 Å². The fourth-order valence-electron chi connectivity index (χ4n) is 3.00. The second kappa shape index (κ2) is 8.37. The number of amides is 4. The van der Waals surface area contributed by atoms with Crippen LogP contribution >= 0.6 is 11.3 Å². The smallest absolute Gasteiger partial charge is 0.325 e. The van der Waals surface area contributed by atoms with E-state index < -0.39 is 29.7 Å². The van der Waals surface area contributed by atoms with Crippen LogP contribution in [0.4, 0.5) is 14.3 Å². The van der Waals surface area contributed by atoms with Crippen molar-refractivity contribution < 1.29 is 18.8 Å². The van der Waals surface area contributed by atoms with Crippen LogP contribution in [0, 0.1) is 5.82 Å². The van der Waals surface area contributed by atoms with Gasteiger partial charge in [-0.25, -0.2) is 14.2 Å². The molecule has 8 nitrogen and oxygen atoms in total. The van der Waals surface area contributed by atoms with E-state index in [0.717, 1.165) is 4.90 Å². The average Bonchev–Trinajstić information content (AvgIpc) is 3.29. The molecular weight excluding hydrogens is 409 g/mol. The number of nitrogens with one attached hydrogen (secondary N) is 2. The number of carbonyl (C=O) groups excluding carboxylic acids is 3. The number of thiazole rings is 1. The lowest BCUT2D eigenvalue weighted by molar-refractivity contribution is -0.130. The van der Waals surface area contributed by atoms with E-state index in [1.165, 1.54) is 29.5 Å². The van der Waals surface area contributed by atoms with Crippen LogP contribution in [0.5, 0.6) is 0 Å². The van der Waals surface area contributed by atoms with E-state index in [2.05, 4.69) is 20.6 Å². The molecule has 10 heteroatoms. The van der Waals surface area contributed by atoms with Gasteiger partial charge in [-0.2, -0.15) is 0 Å². The number of nitrogens with zero attached hydrogens (tertiary/aromatic N) is 3. The lowest BCUT2D eigenvalue weighted by atomic mass is 10.1. The summed E-state index contributed by atoms with van der Waals surface area (Å²) >= 11 is 1.23. The first-order valence-corrected chi connectivity index (χ1v) is 9.90. The number of aromatic nitrogens is 2. The van der Waals surface area contributed by atoms with Gasteiger partial charge in [-0.3, -0.25) is 19.5 Å². The Hall–Kier alpha value is -3.66. The first-order chi connectivity index (χ1) is 14.5. The molecule has 2 aromatic heterocycles. The molecule has 0 spiro atoms. The van der Waals surface area contributed by atoms with Gasteiger partial charge >= 0.3 is 6.03 Å². The molecule has 1 fully saturated rings. The molecule has 3 heterocycles. The van der Waals surface area contributed by atoms with Gasteiger partial charge in [-0.05, 0) is 29.8 Å². The number of anilines is 1. The summed E-state index contributed by atoms with van der Waals surface area (Å²) in [5.74, 6) is -1.44. The number of halogens is 1. The Labute approximate surface area is 174 Å². The molecule has 3 aromatic rings. The summed E-state index contributed by atoms with van der Waals surface area (Å²) in [5.41, 5.74) is 1.79. The van der Waals surface area contributed by atoms with Crippen molar-refractivity contribution in [2.45, 2.75) is 19.0 Å². The van der Waals surface area contributed by atoms with Crippen molar-refractivity contribution in [3.63, 3.8) is 0 Å². The van der Waals surface area contributed by atoms with Crippen LogP contribution in [-0.2, 0) is 16.1 Å². The van der Waals surface area contributed by atoms with Gasteiger partial charge in [0.05, 0.1) is 18.7 Å². The SMILES string of the molecule is O=C(C[C@@H]1NC(=O)N(Cc2cccc(F)c2)C1=O)Nc1nc(-c2ccccn2)cs1. The molecule has 1 atom stereocenters. The highest BCUT2D eigenvalue weighted by Gasteiger charge is 2.39. The van der Waals surface area contributed by atoms with Crippen molar-refractivity contribution in [1.82, 2.24) is 20.2 Å². The molecular formula is C20H16FN5O3S. The second-order valence-electron chi connectivity index (χ2n) is 6.56. The zero-order valence-electron chi connectivity index (χ0n) is 15.5. The topological polar surface area (TPSA) is 104 Å². The predicted molar refractivity (Wildman–Crippen MR) is 108 cm³/mol. The standard InChI is InChI=1S/C20H16FN5O3S/c21-13-5-3-4-12(8-13)10-26-18(28)15(24-20(26)29)9-17(27)25-19-23-16(11-30-19)14-6-1-2-7-22-14/h1-8,11,15H,9-10H2,(H,24,29)(H,23,25,27)/t15-/m0/s1. The number of hydrogen-bond acceptors (Lipinski definition) is 6. The van der Waals surface area contributed by atoms with Crippen LogP contribution in [0.1, 0.15) is 12.0 Å². The largest absolute Gasteiger partial charge is 0.325 e. The minimum atomic E-state index is -0.985. The van der Waals surface area contributed by atoms with Crippen molar-refractivity contribution in [1.29, 1.82) is 0 Å². The van der Waals surface area contributed by atoms with Crippen molar-refractivity contribution in [3.8, 4) is 11.4 Å². The number of pyridine rings is 1. The normalized spacial score (nSPS) is 15.9. The molecule has 1 aliphatic rings. The van der Waals surface area contributed by atoms with Crippen LogP contribution in [0.15, 0.2) is 54.0 Å². The highest BCUT2D eigenvalue weighted by atomic mass is 32.1. The summed E-state index contributed by atoms with van der Waals surface area (Å²) in [6.07, 6.45) is 1.42. The lowest BCUT2D eigenvalue weighted by Crippen LogP contribution is -2.34. The number of benzene rings is 1. The molecule has 0 bridgehead atoms.